The molecule has 5 aromatic rings. The minimum absolute atomic E-state index is 0.147. The van der Waals surface area contributed by atoms with E-state index in [1.807, 2.05) is 49.4 Å². The SMILES string of the molecule is Cc1ccc(C(=O)Nc2ccc3nc(SCc4cc(=O)n5oc(C)cc5n4)sc3c2)cc1. The number of amides is 1. The van der Waals surface area contributed by atoms with Crippen LogP contribution in [0.4, 0.5) is 5.69 Å². The summed E-state index contributed by atoms with van der Waals surface area (Å²) in [7, 11) is 0. The molecule has 0 radical (unpaired) electrons. The standard InChI is InChI=1S/C23H18N4O3S2/c1-13-3-5-15(6-4-13)22(29)25-16-7-8-18-19(10-16)32-23(26-18)31-12-17-11-21(28)27-20(24-17)9-14(2)30-27/h3-11H,12H2,1-2H3,(H,25,29). The second-order valence-corrected chi connectivity index (χ2v) is 9.61. The van der Waals surface area contributed by atoms with Crippen molar-refractivity contribution in [1.82, 2.24) is 14.5 Å². The number of hydrogen-bond donors (Lipinski definition) is 1. The molecule has 2 aromatic carbocycles. The molecule has 0 aliphatic rings. The minimum Gasteiger partial charge on any atom is -0.375 e. The van der Waals surface area contributed by atoms with E-state index in [0.717, 1.165) is 25.8 Å². The number of thiazole rings is 1. The van der Waals surface area contributed by atoms with Gasteiger partial charge >= 0.3 is 0 Å². The van der Waals surface area contributed by atoms with Crippen molar-refractivity contribution in [3.63, 3.8) is 0 Å². The van der Waals surface area contributed by atoms with Crippen LogP contribution in [0.3, 0.4) is 0 Å². The summed E-state index contributed by atoms with van der Waals surface area (Å²) in [6, 6.07) is 16.3. The quantitative estimate of drug-likeness (QED) is 0.367. The Morgan fingerprint density at radius 1 is 1.09 bits per heavy atom. The molecule has 160 valence electrons. The zero-order valence-corrected chi connectivity index (χ0v) is 18.9. The number of hydrogen-bond acceptors (Lipinski definition) is 7. The van der Waals surface area contributed by atoms with Crippen LogP contribution in [-0.4, -0.2) is 20.4 Å². The Morgan fingerprint density at radius 3 is 2.72 bits per heavy atom. The Kier molecular flexibility index (Phi) is 5.28. The van der Waals surface area contributed by atoms with Crippen LogP contribution in [0.1, 0.15) is 27.4 Å². The fourth-order valence-electron chi connectivity index (χ4n) is 3.23. The second kappa shape index (κ2) is 8.25. The molecule has 3 heterocycles. The molecule has 7 nitrogen and oxygen atoms in total. The van der Waals surface area contributed by atoms with Crippen molar-refractivity contribution < 1.29 is 9.32 Å². The third-order valence-electron chi connectivity index (χ3n) is 4.81. The van der Waals surface area contributed by atoms with Crippen LogP contribution < -0.4 is 10.9 Å². The molecule has 0 saturated carbocycles. The van der Waals surface area contributed by atoms with Crippen LogP contribution in [0, 0.1) is 13.8 Å². The molecule has 1 amide bonds. The monoisotopic (exact) mass is 462 g/mol. The van der Waals surface area contributed by atoms with E-state index in [4.69, 9.17) is 4.52 Å². The number of anilines is 1. The first-order valence-corrected chi connectivity index (χ1v) is 11.7. The van der Waals surface area contributed by atoms with Crippen molar-refractivity contribution in [2.75, 3.05) is 5.32 Å². The highest BCUT2D eigenvalue weighted by Crippen LogP contribution is 2.32. The lowest BCUT2D eigenvalue weighted by Gasteiger charge is -2.05. The lowest BCUT2D eigenvalue weighted by atomic mass is 10.1. The van der Waals surface area contributed by atoms with Crippen molar-refractivity contribution in [3.8, 4) is 0 Å². The highest BCUT2D eigenvalue weighted by atomic mass is 32.2. The smallest absolute Gasteiger partial charge is 0.287 e. The molecule has 9 heteroatoms. The van der Waals surface area contributed by atoms with Gasteiger partial charge in [0, 0.05) is 29.1 Å². The van der Waals surface area contributed by atoms with Gasteiger partial charge in [0.1, 0.15) is 5.76 Å². The van der Waals surface area contributed by atoms with Crippen molar-refractivity contribution in [2.45, 2.75) is 23.9 Å². The van der Waals surface area contributed by atoms with Crippen LogP contribution in [0.25, 0.3) is 15.9 Å². The van der Waals surface area contributed by atoms with Gasteiger partial charge in [-0.1, -0.05) is 29.5 Å². The third-order valence-corrected chi connectivity index (χ3v) is 7.00. The number of aryl methyl sites for hydroxylation is 2. The zero-order chi connectivity index (χ0) is 22.2. The number of thioether (sulfide) groups is 1. The summed E-state index contributed by atoms with van der Waals surface area (Å²) in [5.41, 5.74) is 4.24. The maximum absolute atomic E-state index is 12.5. The van der Waals surface area contributed by atoms with Crippen molar-refractivity contribution in [3.05, 3.63) is 87.5 Å². The number of benzene rings is 2. The van der Waals surface area contributed by atoms with Crippen molar-refractivity contribution >= 4 is 50.6 Å². The molecule has 0 fully saturated rings. The summed E-state index contributed by atoms with van der Waals surface area (Å²) >= 11 is 3.06. The van der Waals surface area contributed by atoms with E-state index >= 15 is 0 Å². The summed E-state index contributed by atoms with van der Waals surface area (Å²) in [6.45, 7) is 3.77. The molecule has 0 saturated heterocycles. The lowest BCUT2D eigenvalue weighted by molar-refractivity contribution is 0.102. The van der Waals surface area contributed by atoms with Gasteiger partial charge in [-0.15, -0.1) is 15.9 Å². The maximum atomic E-state index is 12.5. The Labute approximate surface area is 191 Å². The lowest BCUT2D eigenvalue weighted by Crippen LogP contribution is -2.12. The second-order valence-electron chi connectivity index (χ2n) is 7.36. The van der Waals surface area contributed by atoms with Gasteiger partial charge in [0.25, 0.3) is 11.5 Å². The van der Waals surface area contributed by atoms with Gasteiger partial charge in [-0.25, -0.2) is 9.97 Å². The predicted molar refractivity (Wildman–Crippen MR) is 127 cm³/mol. The third kappa shape index (κ3) is 4.17. The molecule has 1 N–H and O–H groups in total. The van der Waals surface area contributed by atoms with Gasteiger partial charge < -0.3 is 9.84 Å². The number of nitrogens with zero attached hydrogens (tertiary/aromatic N) is 3. The number of rotatable bonds is 5. The summed E-state index contributed by atoms with van der Waals surface area (Å²) in [5.74, 6) is 1.01. The van der Waals surface area contributed by atoms with E-state index in [0.29, 0.717) is 28.4 Å². The molecule has 0 unspecified atom stereocenters. The number of nitrogens with one attached hydrogen (secondary N) is 1. The summed E-state index contributed by atoms with van der Waals surface area (Å²) in [5, 5.41) is 2.94. The maximum Gasteiger partial charge on any atom is 0.287 e. The topological polar surface area (TPSA) is 89.5 Å². The molecule has 5 rings (SSSR count). The van der Waals surface area contributed by atoms with Crippen LogP contribution in [0.2, 0.25) is 0 Å². The van der Waals surface area contributed by atoms with E-state index in [1.54, 1.807) is 13.0 Å². The van der Waals surface area contributed by atoms with Crippen molar-refractivity contribution in [1.29, 1.82) is 0 Å². The van der Waals surface area contributed by atoms with Gasteiger partial charge in [0.2, 0.25) is 0 Å². The van der Waals surface area contributed by atoms with Gasteiger partial charge in [-0.05, 0) is 44.2 Å². The Bertz CT molecular complexity index is 1520. The number of aromatic nitrogens is 3. The van der Waals surface area contributed by atoms with Crippen LogP contribution in [0.5, 0.6) is 0 Å². The van der Waals surface area contributed by atoms with Crippen LogP contribution in [0.15, 0.2) is 68.3 Å². The fraction of sp³-hybridized carbons (Fsp3) is 0.130. The van der Waals surface area contributed by atoms with Gasteiger partial charge in [0.05, 0.1) is 15.9 Å². The summed E-state index contributed by atoms with van der Waals surface area (Å²) in [6.07, 6.45) is 0. The number of carbonyl (C=O) groups is 1. The Balaban J connectivity index is 1.31. The van der Waals surface area contributed by atoms with Gasteiger partial charge in [-0.3, -0.25) is 9.59 Å². The molecular formula is C23H18N4O3S2. The van der Waals surface area contributed by atoms with Gasteiger partial charge in [-0.2, -0.15) is 0 Å². The largest absolute Gasteiger partial charge is 0.375 e. The van der Waals surface area contributed by atoms with Gasteiger partial charge in [0.15, 0.2) is 9.99 Å². The first-order valence-electron chi connectivity index (χ1n) is 9.86. The predicted octanol–water partition coefficient (Wildman–Crippen LogP) is 5.06. The van der Waals surface area contributed by atoms with E-state index in [9.17, 15) is 9.59 Å². The number of carbonyl (C=O) groups excluding carboxylic acids is 1. The Hall–Kier alpha value is -3.43. The highest BCUT2D eigenvalue weighted by molar-refractivity contribution is 8.00. The Morgan fingerprint density at radius 2 is 1.91 bits per heavy atom. The summed E-state index contributed by atoms with van der Waals surface area (Å²) < 4.78 is 8.35. The molecule has 0 aliphatic carbocycles. The van der Waals surface area contributed by atoms with Crippen LogP contribution >= 0.6 is 23.1 Å². The minimum atomic E-state index is -0.239. The highest BCUT2D eigenvalue weighted by Gasteiger charge is 2.11. The summed E-state index contributed by atoms with van der Waals surface area (Å²) in [4.78, 5) is 33.8. The zero-order valence-electron chi connectivity index (χ0n) is 17.3. The average Bonchev–Trinajstić information content (AvgIpc) is 3.35. The molecule has 3 aromatic heterocycles. The molecule has 0 bridgehead atoms. The van der Waals surface area contributed by atoms with E-state index in [1.165, 1.54) is 33.7 Å². The molecule has 0 atom stereocenters. The van der Waals surface area contributed by atoms with Crippen LogP contribution in [-0.2, 0) is 5.75 Å². The molecule has 32 heavy (non-hydrogen) atoms. The molecule has 0 aliphatic heterocycles. The van der Waals surface area contributed by atoms with E-state index in [2.05, 4.69) is 15.3 Å². The van der Waals surface area contributed by atoms with E-state index in [-0.39, 0.29) is 11.5 Å². The first-order chi connectivity index (χ1) is 15.4. The molecular weight excluding hydrogens is 444 g/mol. The molecule has 0 spiro atoms. The average molecular weight is 463 g/mol. The van der Waals surface area contributed by atoms with Crippen molar-refractivity contribution in [2.24, 2.45) is 0 Å². The fourth-order valence-corrected chi connectivity index (χ4v) is 5.23. The number of fused-ring (bicyclic) bond motifs is 2. The van der Waals surface area contributed by atoms with E-state index < -0.39 is 0 Å². The normalized spacial score (nSPS) is 11.3. The first kappa shape index (κ1) is 20.5.